The highest BCUT2D eigenvalue weighted by Crippen LogP contribution is 2.34. The minimum atomic E-state index is 0.0346. The largest absolute Gasteiger partial charge is 0.303 e. The highest BCUT2D eigenvalue weighted by Gasteiger charge is 2.34. The van der Waals surface area contributed by atoms with Gasteiger partial charge in [0.25, 0.3) is 0 Å². The maximum Gasteiger partial charge on any atom is 0.153 e. The summed E-state index contributed by atoms with van der Waals surface area (Å²) in [4.78, 5) is 12.8. The van der Waals surface area contributed by atoms with Gasteiger partial charge in [-0.15, -0.1) is 0 Å². The van der Waals surface area contributed by atoms with Crippen molar-refractivity contribution in [2.75, 3.05) is 0 Å². The molecular weight excluding hydrogens is 246 g/mol. The zero-order valence-electron chi connectivity index (χ0n) is 12.6. The van der Waals surface area contributed by atoms with E-state index in [4.69, 9.17) is 0 Å². The molecule has 0 amide bonds. The second-order valence-electron chi connectivity index (χ2n) is 6.92. The third-order valence-corrected chi connectivity index (χ3v) is 5.01. The summed E-state index contributed by atoms with van der Waals surface area (Å²) in [5.41, 5.74) is 2.70. The van der Waals surface area contributed by atoms with Crippen molar-refractivity contribution in [1.82, 2.24) is 5.32 Å². The van der Waals surface area contributed by atoms with E-state index in [1.54, 1.807) is 0 Å². The van der Waals surface area contributed by atoms with Crippen molar-refractivity contribution in [2.24, 2.45) is 17.8 Å². The molecule has 0 aromatic heterocycles. The molecular formula is C18H25NO. The van der Waals surface area contributed by atoms with Crippen LogP contribution >= 0.6 is 0 Å². The molecule has 0 bridgehead atoms. The number of carbonyl (C=O) groups excluding carboxylic acids is 1. The average Bonchev–Trinajstić information content (AvgIpc) is 2.45. The second kappa shape index (κ2) is 5.69. The van der Waals surface area contributed by atoms with E-state index in [1.807, 2.05) is 0 Å². The van der Waals surface area contributed by atoms with Gasteiger partial charge < -0.3 is 5.32 Å². The highest BCUT2D eigenvalue weighted by molar-refractivity contribution is 5.87. The van der Waals surface area contributed by atoms with Crippen LogP contribution in [0.2, 0.25) is 0 Å². The molecule has 1 N–H and O–H groups in total. The van der Waals surface area contributed by atoms with Crippen LogP contribution in [0.5, 0.6) is 0 Å². The van der Waals surface area contributed by atoms with Gasteiger partial charge in [0.15, 0.2) is 5.78 Å². The Balaban J connectivity index is 1.69. The van der Waals surface area contributed by atoms with Crippen LogP contribution in [0.4, 0.5) is 0 Å². The Morgan fingerprint density at radius 1 is 1.05 bits per heavy atom. The third-order valence-electron chi connectivity index (χ3n) is 5.01. The van der Waals surface area contributed by atoms with Crippen LogP contribution in [-0.2, 0) is 17.8 Å². The van der Waals surface area contributed by atoms with Gasteiger partial charge in [0.1, 0.15) is 0 Å². The zero-order chi connectivity index (χ0) is 14.1. The molecule has 1 aromatic carbocycles. The van der Waals surface area contributed by atoms with Crippen LogP contribution in [0.15, 0.2) is 24.3 Å². The Morgan fingerprint density at radius 2 is 1.70 bits per heavy atom. The van der Waals surface area contributed by atoms with Crippen LogP contribution < -0.4 is 5.32 Å². The molecule has 1 aromatic rings. The zero-order valence-corrected chi connectivity index (χ0v) is 12.6. The topological polar surface area (TPSA) is 29.1 Å². The molecule has 2 nitrogen and oxygen atoms in total. The minimum absolute atomic E-state index is 0.0346. The first-order valence-electron chi connectivity index (χ1n) is 7.97. The lowest BCUT2D eigenvalue weighted by Gasteiger charge is -2.34. The lowest BCUT2D eigenvalue weighted by molar-refractivity contribution is -0.127. The molecule has 20 heavy (non-hydrogen) atoms. The first-order valence-corrected chi connectivity index (χ1v) is 7.97. The van der Waals surface area contributed by atoms with Gasteiger partial charge >= 0.3 is 0 Å². The monoisotopic (exact) mass is 271 g/mol. The van der Waals surface area contributed by atoms with E-state index in [0.717, 1.165) is 25.8 Å². The van der Waals surface area contributed by atoms with Crippen LogP contribution in [0.25, 0.3) is 0 Å². The van der Waals surface area contributed by atoms with Crippen molar-refractivity contribution < 1.29 is 4.79 Å². The number of Topliss-reactive ketones (excluding diaryl/α,β-unsaturated/α-hetero) is 1. The van der Waals surface area contributed by atoms with Gasteiger partial charge in [-0.25, -0.2) is 0 Å². The van der Waals surface area contributed by atoms with Crippen LogP contribution in [0, 0.1) is 17.8 Å². The molecule has 0 radical (unpaired) electrons. The van der Waals surface area contributed by atoms with E-state index < -0.39 is 0 Å². The Bertz CT molecular complexity index is 486. The molecule has 1 heterocycles. The molecule has 1 saturated carbocycles. The van der Waals surface area contributed by atoms with Gasteiger partial charge in [-0.2, -0.15) is 0 Å². The molecule has 3 rings (SSSR count). The summed E-state index contributed by atoms with van der Waals surface area (Å²) in [7, 11) is 0. The Labute approximate surface area is 122 Å². The highest BCUT2D eigenvalue weighted by atomic mass is 16.1. The smallest absolute Gasteiger partial charge is 0.153 e. The van der Waals surface area contributed by atoms with Crippen molar-refractivity contribution in [3.05, 3.63) is 35.4 Å². The minimum Gasteiger partial charge on any atom is -0.303 e. The number of hydrogen-bond acceptors (Lipinski definition) is 2. The predicted octanol–water partition coefficient (Wildman–Crippen LogP) is 3.34. The quantitative estimate of drug-likeness (QED) is 0.894. The van der Waals surface area contributed by atoms with Crippen molar-refractivity contribution in [2.45, 2.75) is 52.1 Å². The van der Waals surface area contributed by atoms with E-state index in [-0.39, 0.29) is 12.0 Å². The number of ketones is 1. The summed E-state index contributed by atoms with van der Waals surface area (Å²) >= 11 is 0. The molecule has 1 aliphatic heterocycles. The number of rotatable bonds is 2. The number of nitrogens with one attached hydrogen (secondary N) is 1. The molecule has 0 spiro atoms. The maximum absolute atomic E-state index is 12.8. The van der Waals surface area contributed by atoms with Gasteiger partial charge in [0, 0.05) is 12.5 Å². The first kappa shape index (κ1) is 13.8. The SMILES string of the molecule is CC1CC(C)CC(C(=O)C2Cc3ccccc3CN2)C1. The number of hydrogen-bond donors (Lipinski definition) is 1. The Hall–Kier alpha value is -1.15. The molecule has 2 aliphatic rings. The Kier molecular flexibility index (Phi) is 3.93. The van der Waals surface area contributed by atoms with Crippen molar-refractivity contribution in [3.8, 4) is 0 Å². The average molecular weight is 271 g/mol. The van der Waals surface area contributed by atoms with E-state index in [0.29, 0.717) is 17.6 Å². The molecule has 3 unspecified atom stereocenters. The van der Waals surface area contributed by atoms with Gasteiger partial charge in [0.05, 0.1) is 6.04 Å². The molecule has 108 valence electrons. The molecule has 1 aliphatic carbocycles. The summed E-state index contributed by atoms with van der Waals surface area (Å²) in [6.45, 7) is 5.42. The normalized spacial score (nSPS) is 33.5. The van der Waals surface area contributed by atoms with E-state index in [2.05, 4.69) is 43.4 Å². The Morgan fingerprint density at radius 3 is 2.40 bits per heavy atom. The summed E-state index contributed by atoms with van der Waals surface area (Å²) in [5, 5.41) is 3.45. The van der Waals surface area contributed by atoms with Gasteiger partial charge in [0.2, 0.25) is 0 Å². The van der Waals surface area contributed by atoms with Crippen molar-refractivity contribution in [3.63, 3.8) is 0 Å². The fourth-order valence-electron chi connectivity index (χ4n) is 4.12. The second-order valence-corrected chi connectivity index (χ2v) is 6.92. The lowest BCUT2D eigenvalue weighted by atomic mass is 9.73. The third kappa shape index (κ3) is 2.80. The van der Waals surface area contributed by atoms with Crippen LogP contribution in [0.1, 0.15) is 44.2 Å². The summed E-state index contributed by atoms with van der Waals surface area (Å²) < 4.78 is 0. The van der Waals surface area contributed by atoms with Crippen LogP contribution in [-0.4, -0.2) is 11.8 Å². The summed E-state index contributed by atoms with van der Waals surface area (Å²) in [6.07, 6.45) is 4.32. The van der Waals surface area contributed by atoms with Crippen LogP contribution in [0.3, 0.4) is 0 Å². The van der Waals surface area contributed by atoms with E-state index in [1.165, 1.54) is 17.5 Å². The number of benzene rings is 1. The van der Waals surface area contributed by atoms with E-state index >= 15 is 0 Å². The van der Waals surface area contributed by atoms with Crippen molar-refractivity contribution >= 4 is 5.78 Å². The number of fused-ring (bicyclic) bond motifs is 1. The van der Waals surface area contributed by atoms with Gasteiger partial charge in [-0.3, -0.25) is 4.79 Å². The molecule has 3 atom stereocenters. The molecule has 1 fully saturated rings. The maximum atomic E-state index is 12.8. The molecule has 2 heteroatoms. The summed E-state index contributed by atoms with van der Waals surface area (Å²) in [6, 6.07) is 8.52. The van der Waals surface area contributed by atoms with Gasteiger partial charge in [-0.05, 0) is 48.6 Å². The fourth-order valence-corrected chi connectivity index (χ4v) is 4.12. The summed E-state index contributed by atoms with van der Waals surface area (Å²) in [5.74, 6) is 2.13. The fraction of sp³-hybridized carbons (Fsp3) is 0.611. The standard InChI is InChI=1S/C18H25NO/c1-12-7-13(2)9-16(8-12)18(20)17-10-14-5-3-4-6-15(14)11-19-17/h3-6,12-13,16-17,19H,7-11H2,1-2H3. The molecule has 0 saturated heterocycles. The van der Waals surface area contributed by atoms with E-state index in [9.17, 15) is 4.79 Å². The number of carbonyl (C=O) groups is 1. The van der Waals surface area contributed by atoms with Crippen molar-refractivity contribution in [1.29, 1.82) is 0 Å². The van der Waals surface area contributed by atoms with Gasteiger partial charge in [-0.1, -0.05) is 38.1 Å². The predicted molar refractivity (Wildman–Crippen MR) is 81.4 cm³/mol. The first-order chi connectivity index (χ1) is 9.63. The lowest BCUT2D eigenvalue weighted by Crippen LogP contribution is -2.45.